The summed E-state index contributed by atoms with van der Waals surface area (Å²) in [6.45, 7) is 0.727. The Labute approximate surface area is 104 Å². The first kappa shape index (κ1) is 11.1. The lowest BCUT2D eigenvalue weighted by atomic mass is 10.1. The van der Waals surface area contributed by atoms with Gasteiger partial charge < -0.3 is 14.5 Å². The average Bonchev–Trinajstić information content (AvgIpc) is 2.89. The summed E-state index contributed by atoms with van der Waals surface area (Å²) in [4.78, 5) is 11.9. The minimum Gasteiger partial charge on any atom is -0.440 e. The van der Waals surface area contributed by atoms with Crippen molar-refractivity contribution in [2.45, 2.75) is 31.4 Å². The molecule has 0 radical (unpaired) electrons. The predicted octanol–water partition coefficient (Wildman–Crippen LogP) is 2.23. The largest absolute Gasteiger partial charge is 0.440 e. The lowest BCUT2D eigenvalue weighted by molar-refractivity contribution is 0.0717. The normalized spacial score (nSPS) is 28.3. The summed E-state index contributed by atoms with van der Waals surface area (Å²) in [5.41, 5.74) is 0. The third kappa shape index (κ3) is 2.33. The number of halogens is 1. The van der Waals surface area contributed by atoms with Gasteiger partial charge in [0.25, 0.3) is 5.91 Å². The van der Waals surface area contributed by atoms with Gasteiger partial charge in [0.15, 0.2) is 11.0 Å². The van der Waals surface area contributed by atoms with E-state index in [1.807, 2.05) is 0 Å². The zero-order valence-electron chi connectivity index (χ0n) is 9.32. The molecule has 2 fully saturated rings. The minimum absolute atomic E-state index is 0.110. The number of hydrogen-bond donors (Lipinski definition) is 1. The zero-order chi connectivity index (χ0) is 11.8. The molecular weight excluding hydrogens is 242 g/mol. The SMILES string of the molecule is O=C(NC1CCOC1C1CC1)c1ccc(Cl)o1. The van der Waals surface area contributed by atoms with Gasteiger partial charge in [-0.2, -0.15) is 0 Å². The number of carbonyl (C=O) groups is 1. The molecule has 1 aliphatic carbocycles. The van der Waals surface area contributed by atoms with Gasteiger partial charge in [-0.05, 0) is 48.9 Å². The molecule has 3 rings (SSSR count). The molecule has 17 heavy (non-hydrogen) atoms. The highest BCUT2D eigenvalue weighted by Gasteiger charge is 2.41. The lowest BCUT2D eigenvalue weighted by Gasteiger charge is -2.18. The molecule has 2 atom stereocenters. The topological polar surface area (TPSA) is 51.5 Å². The summed E-state index contributed by atoms with van der Waals surface area (Å²) >= 11 is 5.64. The first-order chi connectivity index (χ1) is 8.24. The molecular formula is C12H14ClNO3. The van der Waals surface area contributed by atoms with E-state index in [-0.39, 0.29) is 29.0 Å². The summed E-state index contributed by atoms with van der Waals surface area (Å²) in [5.74, 6) is 0.678. The van der Waals surface area contributed by atoms with E-state index in [4.69, 9.17) is 20.8 Å². The molecule has 2 unspecified atom stereocenters. The zero-order valence-corrected chi connectivity index (χ0v) is 10.1. The van der Waals surface area contributed by atoms with Crippen LogP contribution in [0.2, 0.25) is 5.22 Å². The van der Waals surface area contributed by atoms with Crippen LogP contribution in [0.3, 0.4) is 0 Å². The Bertz CT molecular complexity index is 427. The standard InChI is InChI=1S/C12H14ClNO3/c13-10-4-3-9(17-10)12(15)14-8-5-6-16-11(8)7-1-2-7/h3-4,7-8,11H,1-2,5-6H2,(H,14,15). The molecule has 4 nitrogen and oxygen atoms in total. The van der Waals surface area contributed by atoms with Crippen LogP contribution in [-0.2, 0) is 4.74 Å². The van der Waals surface area contributed by atoms with Crippen molar-refractivity contribution in [1.29, 1.82) is 0 Å². The Balaban J connectivity index is 1.64. The molecule has 1 aromatic heterocycles. The van der Waals surface area contributed by atoms with E-state index in [1.54, 1.807) is 12.1 Å². The van der Waals surface area contributed by atoms with E-state index in [0.29, 0.717) is 5.92 Å². The second kappa shape index (κ2) is 4.35. The average molecular weight is 256 g/mol. The molecule has 2 heterocycles. The van der Waals surface area contributed by atoms with Gasteiger partial charge in [-0.1, -0.05) is 0 Å². The maximum Gasteiger partial charge on any atom is 0.287 e. The van der Waals surface area contributed by atoms with Gasteiger partial charge in [0, 0.05) is 6.61 Å². The van der Waals surface area contributed by atoms with Crippen LogP contribution in [0.5, 0.6) is 0 Å². The van der Waals surface area contributed by atoms with Crippen molar-refractivity contribution in [3.8, 4) is 0 Å². The Morgan fingerprint density at radius 1 is 1.35 bits per heavy atom. The number of carbonyl (C=O) groups excluding carboxylic acids is 1. The first-order valence-corrected chi connectivity index (χ1v) is 6.29. The smallest absolute Gasteiger partial charge is 0.287 e. The Morgan fingerprint density at radius 2 is 2.18 bits per heavy atom. The molecule has 1 saturated carbocycles. The lowest BCUT2D eigenvalue weighted by Crippen LogP contribution is -2.41. The minimum atomic E-state index is -0.210. The van der Waals surface area contributed by atoms with E-state index >= 15 is 0 Å². The van der Waals surface area contributed by atoms with Crippen LogP contribution >= 0.6 is 11.6 Å². The van der Waals surface area contributed by atoms with Crippen molar-refractivity contribution >= 4 is 17.5 Å². The summed E-state index contributed by atoms with van der Waals surface area (Å²) in [7, 11) is 0. The molecule has 5 heteroatoms. The fraction of sp³-hybridized carbons (Fsp3) is 0.583. The monoisotopic (exact) mass is 255 g/mol. The van der Waals surface area contributed by atoms with Crippen LogP contribution in [0, 0.1) is 5.92 Å². The molecule has 0 aromatic carbocycles. The maximum absolute atomic E-state index is 11.9. The molecule has 1 N–H and O–H groups in total. The Morgan fingerprint density at radius 3 is 2.82 bits per heavy atom. The molecule has 2 aliphatic rings. The highest BCUT2D eigenvalue weighted by molar-refractivity contribution is 6.29. The number of ether oxygens (including phenoxy) is 1. The van der Waals surface area contributed by atoms with Crippen molar-refractivity contribution in [2.24, 2.45) is 5.92 Å². The Hall–Kier alpha value is -1.00. The number of rotatable bonds is 3. The third-order valence-corrected chi connectivity index (χ3v) is 3.54. The molecule has 0 bridgehead atoms. The predicted molar refractivity (Wildman–Crippen MR) is 62.1 cm³/mol. The van der Waals surface area contributed by atoms with Gasteiger partial charge in [0.05, 0.1) is 12.1 Å². The van der Waals surface area contributed by atoms with Crippen LogP contribution < -0.4 is 5.32 Å². The number of amides is 1. The molecule has 0 spiro atoms. The van der Waals surface area contributed by atoms with Crippen LogP contribution in [0.25, 0.3) is 0 Å². The number of nitrogens with one attached hydrogen (secondary N) is 1. The second-order valence-electron chi connectivity index (χ2n) is 4.65. The van der Waals surface area contributed by atoms with Gasteiger partial charge in [0.1, 0.15) is 0 Å². The summed E-state index contributed by atoms with van der Waals surface area (Å²) in [6.07, 6.45) is 3.48. The quantitative estimate of drug-likeness (QED) is 0.901. The highest BCUT2D eigenvalue weighted by atomic mass is 35.5. The van der Waals surface area contributed by atoms with Crippen molar-refractivity contribution in [3.05, 3.63) is 23.1 Å². The Kier molecular flexibility index (Phi) is 2.84. The molecule has 1 aromatic rings. The van der Waals surface area contributed by atoms with Gasteiger partial charge in [-0.25, -0.2) is 0 Å². The van der Waals surface area contributed by atoms with E-state index in [2.05, 4.69) is 5.32 Å². The van der Waals surface area contributed by atoms with Gasteiger partial charge >= 0.3 is 0 Å². The summed E-state index contributed by atoms with van der Waals surface area (Å²) in [6, 6.07) is 3.26. The summed E-state index contributed by atoms with van der Waals surface area (Å²) in [5, 5.41) is 3.20. The van der Waals surface area contributed by atoms with E-state index in [0.717, 1.165) is 13.0 Å². The summed E-state index contributed by atoms with van der Waals surface area (Å²) < 4.78 is 10.7. The fourth-order valence-electron chi connectivity index (χ4n) is 2.33. The third-order valence-electron chi connectivity index (χ3n) is 3.34. The first-order valence-electron chi connectivity index (χ1n) is 5.92. The van der Waals surface area contributed by atoms with E-state index < -0.39 is 0 Å². The van der Waals surface area contributed by atoms with Gasteiger partial charge in [-0.15, -0.1) is 0 Å². The molecule has 1 amide bonds. The van der Waals surface area contributed by atoms with E-state index in [9.17, 15) is 4.79 Å². The van der Waals surface area contributed by atoms with Crippen LogP contribution in [0.15, 0.2) is 16.5 Å². The van der Waals surface area contributed by atoms with Crippen molar-refractivity contribution in [2.75, 3.05) is 6.61 Å². The number of hydrogen-bond acceptors (Lipinski definition) is 3. The van der Waals surface area contributed by atoms with Crippen LogP contribution in [0.1, 0.15) is 29.8 Å². The highest BCUT2D eigenvalue weighted by Crippen LogP contribution is 2.38. The molecule has 1 saturated heterocycles. The van der Waals surface area contributed by atoms with Crippen molar-refractivity contribution < 1.29 is 13.9 Å². The molecule has 1 aliphatic heterocycles. The maximum atomic E-state index is 11.9. The number of furan rings is 1. The van der Waals surface area contributed by atoms with Crippen molar-refractivity contribution in [3.63, 3.8) is 0 Å². The van der Waals surface area contributed by atoms with Crippen molar-refractivity contribution in [1.82, 2.24) is 5.32 Å². The van der Waals surface area contributed by atoms with Gasteiger partial charge in [-0.3, -0.25) is 4.79 Å². The fourth-order valence-corrected chi connectivity index (χ4v) is 2.48. The second-order valence-corrected chi connectivity index (χ2v) is 5.02. The van der Waals surface area contributed by atoms with E-state index in [1.165, 1.54) is 12.8 Å². The van der Waals surface area contributed by atoms with Gasteiger partial charge in [0.2, 0.25) is 0 Å². The van der Waals surface area contributed by atoms with Crippen LogP contribution in [0.4, 0.5) is 0 Å². The molecule has 92 valence electrons. The van der Waals surface area contributed by atoms with Crippen LogP contribution in [-0.4, -0.2) is 24.7 Å².